The van der Waals surface area contributed by atoms with E-state index in [1.54, 1.807) is 12.3 Å². The van der Waals surface area contributed by atoms with E-state index in [2.05, 4.69) is 33.0 Å². The first kappa shape index (κ1) is 23.5. The van der Waals surface area contributed by atoms with Crippen LogP contribution in [0, 0.1) is 0 Å². The fraction of sp³-hybridized carbons (Fsp3) is 0.143. The van der Waals surface area contributed by atoms with Crippen molar-refractivity contribution in [1.82, 2.24) is 5.43 Å². The normalized spacial score (nSPS) is 12.1. The van der Waals surface area contributed by atoms with Crippen LogP contribution in [-0.4, -0.2) is 24.8 Å². The number of nitrogens with zero attached hydrogens (tertiary/aromatic N) is 1. The van der Waals surface area contributed by atoms with Crippen molar-refractivity contribution < 1.29 is 14.3 Å². The van der Waals surface area contributed by atoms with Crippen molar-refractivity contribution in [2.45, 2.75) is 19.4 Å². The highest BCUT2D eigenvalue weighted by atomic mass is 79.9. The van der Waals surface area contributed by atoms with Gasteiger partial charge in [-0.1, -0.05) is 80.2 Å². The molecule has 0 saturated heterocycles. The zero-order chi connectivity index (χ0) is 23.9. The molecule has 0 aliphatic heterocycles. The number of hydrogen-bond acceptors (Lipinski definition) is 4. The van der Waals surface area contributed by atoms with Gasteiger partial charge in [0.2, 0.25) is 0 Å². The molecule has 4 aromatic carbocycles. The van der Waals surface area contributed by atoms with Gasteiger partial charge >= 0.3 is 0 Å². The Morgan fingerprint density at radius 1 is 1.00 bits per heavy atom. The van der Waals surface area contributed by atoms with E-state index in [4.69, 9.17) is 9.47 Å². The third-order valence-corrected chi connectivity index (χ3v) is 6.23. The van der Waals surface area contributed by atoms with E-state index in [1.807, 2.05) is 79.7 Å². The molecule has 0 heterocycles. The summed E-state index contributed by atoms with van der Waals surface area (Å²) in [6, 6.07) is 23.7. The Kier molecular flexibility index (Phi) is 7.60. The van der Waals surface area contributed by atoms with Crippen LogP contribution in [-0.2, 0) is 4.79 Å². The highest BCUT2D eigenvalue weighted by Gasteiger charge is 2.20. The van der Waals surface area contributed by atoms with Crippen LogP contribution >= 0.6 is 15.9 Å². The van der Waals surface area contributed by atoms with Gasteiger partial charge in [0.05, 0.1) is 10.7 Å². The van der Waals surface area contributed by atoms with Crippen LogP contribution in [0.2, 0.25) is 0 Å². The lowest BCUT2D eigenvalue weighted by Crippen LogP contribution is -2.35. The van der Waals surface area contributed by atoms with Crippen LogP contribution in [0.4, 0.5) is 0 Å². The maximum absolute atomic E-state index is 12.9. The minimum Gasteiger partial charge on any atom is -0.489 e. The number of nitrogens with one attached hydrogen (secondary N) is 1. The smallest absolute Gasteiger partial charge is 0.281 e. The minimum atomic E-state index is -0.696. The average Bonchev–Trinajstić information content (AvgIpc) is 2.87. The standard InChI is InChI=1S/C28H25BrN2O3/c1-3-17-33-25-15-13-19-9-5-7-11-21(19)23(25)18-30-31-28(32)24(4-2)34-26-16-14-20-10-6-8-12-22(20)27(26)29/h3,5-16,18,24H,1,4,17H2,2H3,(H,31,32)/b30-18-. The molecule has 0 bridgehead atoms. The molecule has 34 heavy (non-hydrogen) atoms. The van der Waals surface area contributed by atoms with Gasteiger partial charge in [-0.25, -0.2) is 5.43 Å². The molecule has 0 aliphatic carbocycles. The summed E-state index contributed by atoms with van der Waals surface area (Å²) in [7, 11) is 0. The van der Waals surface area contributed by atoms with E-state index in [9.17, 15) is 4.79 Å². The number of fused-ring (bicyclic) bond motifs is 2. The Morgan fingerprint density at radius 3 is 2.35 bits per heavy atom. The predicted octanol–water partition coefficient (Wildman–Crippen LogP) is 6.63. The monoisotopic (exact) mass is 516 g/mol. The molecule has 0 spiro atoms. The van der Waals surface area contributed by atoms with Crippen LogP contribution in [0.25, 0.3) is 21.5 Å². The van der Waals surface area contributed by atoms with Gasteiger partial charge in [-0.3, -0.25) is 4.79 Å². The summed E-state index contributed by atoms with van der Waals surface area (Å²) in [6.45, 7) is 5.98. The molecular weight excluding hydrogens is 492 g/mol. The molecule has 6 heteroatoms. The van der Waals surface area contributed by atoms with Crippen molar-refractivity contribution >= 4 is 49.6 Å². The fourth-order valence-corrected chi connectivity index (χ4v) is 4.28. The second-order valence-corrected chi connectivity index (χ2v) is 8.44. The summed E-state index contributed by atoms with van der Waals surface area (Å²) in [5.74, 6) is 0.950. The molecule has 1 unspecified atom stereocenters. The fourth-order valence-electron chi connectivity index (χ4n) is 3.70. The quantitative estimate of drug-likeness (QED) is 0.154. The minimum absolute atomic E-state index is 0.326. The molecule has 1 amide bonds. The van der Waals surface area contributed by atoms with Gasteiger partial charge in [0.25, 0.3) is 5.91 Å². The van der Waals surface area contributed by atoms with Crippen molar-refractivity contribution in [2.75, 3.05) is 6.61 Å². The lowest BCUT2D eigenvalue weighted by atomic mass is 10.0. The molecule has 1 N–H and O–H groups in total. The lowest BCUT2D eigenvalue weighted by Gasteiger charge is -2.17. The molecule has 0 fully saturated rings. The van der Waals surface area contributed by atoms with E-state index in [0.29, 0.717) is 24.5 Å². The summed E-state index contributed by atoms with van der Waals surface area (Å²) >= 11 is 3.62. The Labute approximate surface area is 207 Å². The maximum atomic E-state index is 12.9. The third kappa shape index (κ3) is 5.13. The summed E-state index contributed by atoms with van der Waals surface area (Å²) in [5.41, 5.74) is 3.41. The maximum Gasteiger partial charge on any atom is 0.281 e. The first-order valence-electron chi connectivity index (χ1n) is 11.0. The van der Waals surface area contributed by atoms with Crippen LogP contribution in [0.3, 0.4) is 0 Å². The predicted molar refractivity (Wildman–Crippen MR) is 142 cm³/mol. The number of carbonyl (C=O) groups is 1. The van der Waals surface area contributed by atoms with Gasteiger partial charge in [-0.05, 0) is 56.0 Å². The topological polar surface area (TPSA) is 59.9 Å². The summed E-state index contributed by atoms with van der Waals surface area (Å²) in [6.07, 6.45) is 3.09. The summed E-state index contributed by atoms with van der Waals surface area (Å²) < 4.78 is 12.7. The summed E-state index contributed by atoms with van der Waals surface area (Å²) in [5, 5.41) is 8.37. The molecule has 1 atom stereocenters. The number of ether oxygens (including phenoxy) is 2. The molecule has 0 radical (unpaired) electrons. The van der Waals surface area contributed by atoms with Crippen LogP contribution in [0.15, 0.2) is 95.0 Å². The molecule has 4 aromatic rings. The number of hydrazone groups is 1. The Balaban J connectivity index is 1.52. The van der Waals surface area contributed by atoms with Crippen LogP contribution < -0.4 is 14.9 Å². The van der Waals surface area contributed by atoms with E-state index in [-0.39, 0.29) is 5.91 Å². The van der Waals surface area contributed by atoms with E-state index >= 15 is 0 Å². The molecule has 0 aliphatic rings. The van der Waals surface area contributed by atoms with Gasteiger partial charge in [-0.2, -0.15) is 5.10 Å². The van der Waals surface area contributed by atoms with E-state index in [1.165, 1.54) is 0 Å². The molecule has 5 nitrogen and oxygen atoms in total. The van der Waals surface area contributed by atoms with E-state index in [0.717, 1.165) is 31.6 Å². The Morgan fingerprint density at radius 2 is 1.65 bits per heavy atom. The second kappa shape index (κ2) is 11.0. The number of halogens is 1. The van der Waals surface area contributed by atoms with Crippen molar-refractivity contribution in [3.63, 3.8) is 0 Å². The van der Waals surface area contributed by atoms with Crippen molar-refractivity contribution in [3.8, 4) is 11.5 Å². The summed E-state index contributed by atoms with van der Waals surface area (Å²) in [4.78, 5) is 12.9. The zero-order valence-corrected chi connectivity index (χ0v) is 20.4. The first-order chi connectivity index (χ1) is 16.6. The van der Waals surface area contributed by atoms with Crippen molar-refractivity contribution in [2.24, 2.45) is 5.10 Å². The Hall–Kier alpha value is -3.64. The highest BCUT2D eigenvalue weighted by molar-refractivity contribution is 9.10. The van der Waals surface area contributed by atoms with Gasteiger partial charge < -0.3 is 9.47 Å². The van der Waals surface area contributed by atoms with Gasteiger partial charge in [0.15, 0.2) is 6.10 Å². The van der Waals surface area contributed by atoms with Crippen molar-refractivity contribution in [3.05, 3.63) is 95.5 Å². The average molecular weight is 517 g/mol. The lowest BCUT2D eigenvalue weighted by molar-refractivity contribution is -0.128. The van der Waals surface area contributed by atoms with Crippen LogP contribution in [0.5, 0.6) is 11.5 Å². The van der Waals surface area contributed by atoms with Gasteiger partial charge in [-0.15, -0.1) is 0 Å². The largest absolute Gasteiger partial charge is 0.489 e. The number of hydrogen-bond donors (Lipinski definition) is 1. The zero-order valence-electron chi connectivity index (χ0n) is 18.8. The highest BCUT2D eigenvalue weighted by Crippen LogP contribution is 2.34. The number of benzene rings is 4. The first-order valence-corrected chi connectivity index (χ1v) is 11.8. The van der Waals surface area contributed by atoms with Crippen LogP contribution in [0.1, 0.15) is 18.9 Å². The molecule has 0 saturated carbocycles. The Bertz CT molecular complexity index is 1370. The number of amides is 1. The SMILES string of the molecule is C=CCOc1ccc2ccccc2c1/C=N\NC(=O)C(CC)Oc1ccc2ccccc2c1Br. The number of rotatable bonds is 9. The van der Waals surface area contributed by atoms with Gasteiger partial charge in [0, 0.05) is 5.56 Å². The number of carbonyl (C=O) groups excluding carboxylic acids is 1. The molecule has 4 rings (SSSR count). The van der Waals surface area contributed by atoms with Crippen molar-refractivity contribution in [1.29, 1.82) is 0 Å². The second-order valence-electron chi connectivity index (χ2n) is 7.65. The molecule has 0 aromatic heterocycles. The molecular formula is C28H25BrN2O3. The van der Waals surface area contributed by atoms with E-state index < -0.39 is 6.10 Å². The molecule has 172 valence electrons. The third-order valence-electron chi connectivity index (χ3n) is 5.42. The van der Waals surface area contributed by atoms with Gasteiger partial charge in [0.1, 0.15) is 18.1 Å².